The molecule has 4 aromatic rings. The normalized spacial score (nSPS) is 15.9. The summed E-state index contributed by atoms with van der Waals surface area (Å²) in [5, 5.41) is 18.9. The summed E-state index contributed by atoms with van der Waals surface area (Å²) in [6, 6.07) is 9.11. The van der Waals surface area contributed by atoms with Gasteiger partial charge in [-0.3, -0.25) is 14.8 Å². The van der Waals surface area contributed by atoms with Crippen LogP contribution in [0.1, 0.15) is 39.3 Å². The summed E-state index contributed by atoms with van der Waals surface area (Å²) in [7, 11) is 0. The Bertz CT molecular complexity index is 1670. The zero-order valence-electron chi connectivity index (χ0n) is 21.3. The summed E-state index contributed by atoms with van der Waals surface area (Å²) in [4.78, 5) is 40.8. The Morgan fingerprint density at radius 1 is 1.24 bits per heavy atom. The number of halogens is 1. The monoisotopic (exact) mass is 536 g/mol. The zero-order valence-corrected chi connectivity index (χ0v) is 22.1. The van der Waals surface area contributed by atoms with Crippen molar-refractivity contribution in [1.82, 2.24) is 29.5 Å². The topological polar surface area (TPSA) is 144 Å². The predicted molar refractivity (Wildman–Crippen MR) is 144 cm³/mol. The van der Waals surface area contributed by atoms with Crippen molar-refractivity contribution in [2.75, 3.05) is 18.4 Å². The van der Waals surface area contributed by atoms with Crippen LogP contribution in [-0.4, -0.2) is 59.6 Å². The van der Waals surface area contributed by atoms with E-state index in [9.17, 15) is 14.7 Å². The number of nitrogens with zero attached hydrogens (tertiary/aromatic N) is 5. The van der Waals surface area contributed by atoms with Crippen LogP contribution in [-0.2, 0) is 4.79 Å². The first-order valence-corrected chi connectivity index (χ1v) is 12.7. The van der Waals surface area contributed by atoms with Gasteiger partial charge in [-0.1, -0.05) is 38.4 Å². The number of aromatic nitrogens is 5. The highest BCUT2D eigenvalue weighted by Crippen LogP contribution is 2.22. The Morgan fingerprint density at radius 3 is 2.66 bits per heavy atom. The molecule has 4 N–H and O–H groups in total. The van der Waals surface area contributed by atoms with Gasteiger partial charge in [0.15, 0.2) is 11.1 Å². The number of anilines is 2. The maximum Gasteiger partial charge on any atom is 0.326 e. The molecule has 0 radical (unpaired) electrons. The van der Waals surface area contributed by atoms with Crippen LogP contribution in [0.4, 0.5) is 11.5 Å². The van der Waals surface area contributed by atoms with E-state index in [1.54, 1.807) is 28.9 Å². The molecule has 0 unspecified atom stereocenters. The van der Waals surface area contributed by atoms with Crippen LogP contribution in [0.3, 0.4) is 0 Å². The number of imidazole rings is 1. The van der Waals surface area contributed by atoms with Crippen LogP contribution in [0.15, 0.2) is 46.3 Å². The van der Waals surface area contributed by atoms with Crippen molar-refractivity contribution in [2.45, 2.75) is 39.7 Å². The summed E-state index contributed by atoms with van der Waals surface area (Å²) in [6.07, 6.45) is 4.66. The largest absolute Gasteiger partial charge is 0.493 e. The number of carbonyl (C=O) groups is 1. The number of likely N-dealkylation sites (tertiary alicyclic amines) is 1. The maximum atomic E-state index is 12.7. The van der Waals surface area contributed by atoms with Gasteiger partial charge in [0, 0.05) is 40.5 Å². The lowest BCUT2D eigenvalue weighted by molar-refractivity contribution is -0.140. The van der Waals surface area contributed by atoms with Crippen molar-refractivity contribution >= 4 is 40.7 Å². The minimum absolute atomic E-state index is 0.00495. The molecule has 5 rings (SSSR count). The summed E-state index contributed by atoms with van der Waals surface area (Å²) in [5.74, 6) is 0.401. The van der Waals surface area contributed by atoms with Crippen molar-refractivity contribution in [2.24, 2.45) is 10.4 Å². The van der Waals surface area contributed by atoms with Gasteiger partial charge in [-0.25, -0.2) is 9.78 Å². The van der Waals surface area contributed by atoms with Gasteiger partial charge in [0.2, 0.25) is 11.8 Å². The molecule has 1 fully saturated rings. The molecule has 1 aliphatic heterocycles. The number of carbonyl (C=O) groups excluding carboxylic acids is 1. The van der Waals surface area contributed by atoms with Crippen LogP contribution < -0.4 is 21.7 Å². The van der Waals surface area contributed by atoms with Crippen molar-refractivity contribution in [3.8, 4) is 5.88 Å². The van der Waals surface area contributed by atoms with Crippen LogP contribution >= 0.6 is 11.6 Å². The minimum Gasteiger partial charge on any atom is -0.493 e. The molecule has 198 valence electrons. The van der Waals surface area contributed by atoms with E-state index >= 15 is 0 Å². The third-order valence-electron chi connectivity index (χ3n) is 6.32. The lowest BCUT2D eigenvalue weighted by Gasteiger charge is -2.34. The standard InChI is InChI=1S/C26H29ClN8O3/c1-26(2,3)24(37)34-9-7-17(8-10-34)30-21-13-20(29-18-6-4-5-16(27)12-18)32-22-15(14-28-35(21)22)11-19-23(36)33-25(38)31-19/h4-6,11-14,17,29,36H,7-10H2,1-3H3,(H2,31,33,38). The molecule has 1 aliphatic rings. The second-order valence-electron chi connectivity index (χ2n) is 10.4. The van der Waals surface area contributed by atoms with Crippen molar-refractivity contribution in [1.29, 1.82) is 0 Å². The van der Waals surface area contributed by atoms with E-state index in [0.717, 1.165) is 18.5 Å². The van der Waals surface area contributed by atoms with E-state index in [1.165, 1.54) is 0 Å². The number of benzene rings is 1. The van der Waals surface area contributed by atoms with Gasteiger partial charge in [0.05, 0.1) is 12.2 Å². The first kappa shape index (κ1) is 25.5. The van der Waals surface area contributed by atoms with Gasteiger partial charge in [0.1, 0.15) is 11.5 Å². The molecule has 0 saturated carbocycles. The number of hydrogen-bond donors (Lipinski definition) is 4. The lowest BCUT2D eigenvalue weighted by Crippen LogP contribution is -2.45. The third kappa shape index (κ3) is 5.42. The Morgan fingerprint density at radius 2 is 2.00 bits per heavy atom. The van der Waals surface area contributed by atoms with Crippen LogP contribution in [0, 0.1) is 5.41 Å². The fraction of sp³-hybridized carbons (Fsp3) is 0.346. The second kappa shape index (κ2) is 9.97. The molecule has 1 aromatic carbocycles. The fourth-order valence-electron chi connectivity index (χ4n) is 4.44. The lowest BCUT2D eigenvalue weighted by atomic mass is 9.93. The van der Waals surface area contributed by atoms with Gasteiger partial charge >= 0.3 is 5.69 Å². The Hall–Kier alpha value is -4.12. The number of aromatic hydroxyl groups is 1. The molecule has 38 heavy (non-hydrogen) atoms. The molecule has 4 heterocycles. The van der Waals surface area contributed by atoms with Gasteiger partial charge in [-0.05, 0) is 37.1 Å². The Balaban J connectivity index is 1.55. The van der Waals surface area contributed by atoms with E-state index in [4.69, 9.17) is 21.6 Å². The number of piperidine rings is 1. The molecule has 0 atom stereocenters. The van der Waals surface area contributed by atoms with Gasteiger partial charge in [0.25, 0.3) is 0 Å². The Kier molecular flexibility index (Phi) is 6.70. The molecule has 1 saturated heterocycles. The van der Waals surface area contributed by atoms with E-state index in [1.807, 2.05) is 43.9 Å². The number of fused-ring (bicyclic) bond motifs is 1. The van der Waals surface area contributed by atoms with Gasteiger partial charge in [-0.15, -0.1) is 0 Å². The van der Waals surface area contributed by atoms with Crippen molar-refractivity contribution in [3.05, 3.63) is 68.4 Å². The van der Waals surface area contributed by atoms with Crippen molar-refractivity contribution < 1.29 is 9.90 Å². The van der Waals surface area contributed by atoms with E-state index in [-0.39, 0.29) is 23.5 Å². The van der Waals surface area contributed by atoms with E-state index < -0.39 is 11.1 Å². The SMILES string of the molecule is CC(C)(C)C(=O)N1CCC(N=c2cc(Nc3cccc(Cl)c3)nc3c(=Cc4[nH]c(=O)[nH]c4O)cnn23)CC1. The van der Waals surface area contributed by atoms with Crippen LogP contribution in [0.2, 0.25) is 5.02 Å². The predicted octanol–water partition coefficient (Wildman–Crippen LogP) is 2.33. The summed E-state index contributed by atoms with van der Waals surface area (Å²) < 4.78 is 1.63. The van der Waals surface area contributed by atoms with E-state index in [2.05, 4.69) is 20.4 Å². The van der Waals surface area contributed by atoms with E-state index in [0.29, 0.717) is 40.3 Å². The molecule has 0 bridgehead atoms. The zero-order chi connectivity index (χ0) is 27.0. The molecule has 3 aromatic heterocycles. The van der Waals surface area contributed by atoms with Crippen molar-refractivity contribution in [3.63, 3.8) is 0 Å². The van der Waals surface area contributed by atoms with Crippen LogP contribution in [0.25, 0.3) is 11.7 Å². The molecule has 0 spiro atoms. The summed E-state index contributed by atoms with van der Waals surface area (Å²) in [5.41, 5.74) is 1.11. The summed E-state index contributed by atoms with van der Waals surface area (Å²) in [6.45, 7) is 7.09. The highest BCUT2D eigenvalue weighted by Gasteiger charge is 2.30. The number of H-pyrrole nitrogens is 2. The quantitative estimate of drug-likeness (QED) is 0.315. The highest BCUT2D eigenvalue weighted by atomic mass is 35.5. The number of hydrogen-bond acceptors (Lipinski definition) is 7. The molecule has 1 amide bonds. The highest BCUT2D eigenvalue weighted by molar-refractivity contribution is 6.30. The second-order valence-corrected chi connectivity index (χ2v) is 10.8. The molecular weight excluding hydrogens is 508 g/mol. The fourth-order valence-corrected chi connectivity index (χ4v) is 4.63. The maximum absolute atomic E-state index is 12.7. The minimum atomic E-state index is -0.520. The molecule has 0 aliphatic carbocycles. The number of rotatable bonds is 4. The summed E-state index contributed by atoms with van der Waals surface area (Å²) >= 11 is 6.16. The molecule has 12 heteroatoms. The smallest absolute Gasteiger partial charge is 0.326 e. The van der Waals surface area contributed by atoms with Crippen LogP contribution in [0.5, 0.6) is 5.88 Å². The van der Waals surface area contributed by atoms with Gasteiger partial charge < -0.3 is 20.3 Å². The number of amides is 1. The third-order valence-corrected chi connectivity index (χ3v) is 6.56. The van der Waals surface area contributed by atoms with Gasteiger partial charge in [-0.2, -0.15) is 9.61 Å². The molecular formula is C26H29ClN8O3. The average Bonchev–Trinajstić information content (AvgIpc) is 3.40. The first-order valence-electron chi connectivity index (χ1n) is 12.3. The average molecular weight is 537 g/mol. The molecule has 11 nitrogen and oxygen atoms in total. The first-order chi connectivity index (χ1) is 18.1. The number of aromatic amines is 2. The number of nitrogens with one attached hydrogen (secondary N) is 3. The Labute approximate surface area is 222 Å².